The normalized spacial score (nSPS) is 11.2. The van der Waals surface area contributed by atoms with Gasteiger partial charge in [-0.2, -0.15) is 5.10 Å². The number of nitrogens with zero attached hydrogens (tertiary/aromatic N) is 2. The number of hydrogen-bond donors (Lipinski definition) is 1. The monoisotopic (exact) mass is 237 g/mol. The number of nitrogens with one attached hydrogen (secondary N) is 1. The minimum absolute atomic E-state index is 0.146. The highest BCUT2D eigenvalue weighted by Gasteiger charge is 2.17. The predicted octanol–water partition coefficient (Wildman–Crippen LogP) is 2.97. The van der Waals surface area contributed by atoms with Crippen LogP contribution in [-0.2, 0) is 0 Å². The smallest absolute Gasteiger partial charge is 0.278 e. The molecule has 0 spiro atoms. The maximum atomic E-state index is 10.9. The second-order valence-corrected chi connectivity index (χ2v) is 5.32. The van der Waals surface area contributed by atoms with Crippen molar-refractivity contribution in [1.29, 1.82) is 0 Å². The molecule has 6 heteroatoms. The van der Waals surface area contributed by atoms with Crippen molar-refractivity contribution in [3.05, 3.63) is 28.4 Å². The van der Waals surface area contributed by atoms with Gasteiger partial charge in [0.2, 0.25) is 0 Å². The Morgan fingerprint density at radius 1 is 1.50 bits per heavy atom. The topological polar surface area (TPSA) is 71.8 Å². The lowest BCUT2D eigenvalue weighted by molar-refractivity contribution is -0.387. The van der Waals surface area contributed by atoms with Crippen LogP contribution < -0.4 is 0 Å². The molecule has 0 bridgehead atoms. The van der Waals surface area contributed by atoms with Gasteiger partial charge < -0.3 is 0 Å². The SMILES string of the molecule is CC(C)Sc1cc2[nH]ncc2cc1[N+](=O)[O-]. The Morgan fingerprint density at radius 3 is 2.88 bits per heavy atom. The van der Waals surface area contributed by atoms with Crippen molar-refractivity contribution in [1.82, 2.24) is 10.2 Å². The van der Waals surface area contributed by atoms with Crippen LogP contribution in [0.5, 0.6) is 0 Å². The van der Waals surface area contributed by atoms with E-state index in [1.165, 1.54) is 11.8 Å². The number of benzene rings is 1. The molecule has 1 N–H and O–H groups in total. The average molecular weight is 237 g/mol. The molecule has 0 saturated heterocycles. The lowest BCUT2D eigenvalue weighted by atomic mass is 10.2. The van der Waals surface area contributed by atoms with Crippen molar-refractivity contribution in [3.8, 4) is 0 Å². The zero-order chi connectivity index (χ0) is 11.7. The molecule has 1 aromatic heterocycles. The Bertz CT molecular complexity index is 536. The molecule has 2 rings (SSSR count). The molecule has 0 atom stereocenters. The predicted molar refractivity (Wildman–Crippen MR) is 63.7 cm³/mol. The van der Waals surface area contributed by atoms with Crippen LogP contribution in [-0.4, -0.2) is 20.4 Å². The van der Waals surface area contributed by atoms with Gasteiger partial charge in [-0.05, 0) is 6.07 Å². The van der Waals surface area contributed by atoms with Crippen molar-refractivity contribution in [3.63, 3.8) is 0 Å². The van der Waals surface area contributed by atoms with Crippen molar-refractivity contribution in [2.75, 3.05) is 0 Å². The molecular formula is C10H11N3O2S. The Labute approximate surface area is 96.4 Å². The minimum atomic E-state index is -0.350. The van der Waals surface area contributed by atoms with E-state index in [-0.39, 0.29) is 10.6 Å². The number of hydrogen-bond acceptors (Lipinski definition) is 4. The summed E-state index contributed by atoms with van der Waals surface area (Å²) in [5, 5.41) is 18.7. The number of nitro groups is 1. The first kappa shape index (κ1) is 10.9. The van der Waals surface area contributed by atoms with Crippen LogP contribution >= 0.6 is 11.8 Å². The molecule has 0 unspecified atom stereocenters. The van der Waals surface area contributed by atoms with Crippen LogP contribution in [0, 0.1) is 10.1 Å². The van der Waals surface area contributed by atoms with E-state index < -0.39 is 0 Å². The third-order valence-electron chi connectivity index (χ3n) is 2.08. The van der Waals surface area contributed by atoms with Crippen LogP contribution in [0.3, 0.4) is 0 Å². The van der Waals surface area contributed by atoms with Crippen LogP contribution in [0.2, 0.25) is 0 Å². The Balaban J connectivity index is 2.57. The number of nitro benzene ring substituents is 1. The summed E-state index contributed by atoms with van der Waals surface area (Å²) in [5.74, 6) is 0. The van der Waals surface area contributed by atoms with Gasteiger partial charge in [-0.15, -0.1) is 11.8 Å². The highest BCUT2D eigenvalue weighted by Crippen LogP contribution is 2.34. The van der Waals surface area contributed by atoms with Gasteiger partial charge in [0.15, 0.2) is 0 Å². The van der Waals surface area contributed by atoms with Gasteiger partial charge >= 0.3 is 0 Å². The second-order valence-electron chi connectivity index (χ2n) is 3.70. The zero-order valence-corrected chi connectivity index (χ0v) is 9.75. The van der Waals surface area contributed by atoms with E-state index in [0.29, 0.717) is 10.1 Å². The quantitative estimate of drug-likeness (QED) is 0.506. The fraction of sp³-hybridized carbons (Fsp3) is 0.300. The molecular weight excluding hydrogens is 226 g/mol. The Morgan fingerprint density at radius 2 is 2.25 bits per heavy atom. The number of aromatic nitrogens is 2. The minimum Gasteiger partial charge on any atom is -0.278 e. The molecule has 2 aromatic rings. The summed E-state index contributed by atoms with van der Waals surface area (Å²) in [7, 11) is 0. The van der Waals surface area contributed by atoms with Crippen molar-refractivity contribution in [2.45, 2.75) is 24.0 Å². The molecule has 1 heterocycles. The first-order chi connectivity index (χ1) is 7.58. The molecule has 0 saturated carbocycles. The van der Waals surface area contributed by atoms with Crippen LogP contribution in [0.1, 0.15) is 13.8 Å². The van der Waals surface area contributed by atoms with Gasteiger partial charge in [-0.25, -0.2) is 0 Å². The number of fused-ring (bicyclic) bond motifs is 1. The summed E-state index contributed by atoms with van der Waals surface area (Å²) in [4.78, 5) is 11.3. The lowest BCUT2D eigenvalue weighted by Gasteiger charge is -2.05. The third-order valence-corrected chi connectivity index (χ3v) is 3.13. The van der Waals surface area contributed by atoms with E-state index in [1.807, 2.05) is 13.8 Å². The van der Waals surface area contributed by atoms with E-state index in [1.54, 1.807) is 18.3 Å². The van der Waals surface area contributed by atoms with Crippen molar-refractivity contribution >= 4 is 28.4 Å². The first-order valence-electron chi connectivity index (χ1n) is 4.86. The molecule has 1 aromatic carbocycles. The van der Waals surface area contributed by atoms with E-state index in [0.717, 1.165) is 10.9 Å². The highest BCUT2D eigenvalue weighted by atomic mass is 32.2. The molecule has 84 valence electrons. The molecule has 16 heavy (non-hydrogen) atoms. The van der Waals surface area contributed by atoms with Crippen LogP contribution in [0.15, 0.2) is 23.2 Å². The highest BCUT2D eigenvalue weighted by molar-refractivity contribution is 8.00. The second kappa shape index (κ2) is 4.13. The molecule has 0 aliphatic carbocycles. The molecule has 0 aliphatic heterocycles. The largest absolute Gasteiger partial charge is 0.283 e. The maximum absolute atomic E-state index is 10.9. The summed E-state index contributed by atoms with van der Waals surface area (Å²) < 4.78 is 0. The van der Waals surface area contributed by atoms with Crippen LogP contribution in [0.25, 0.3) is 10.9 Å². The molecule has 0 amide bonds. The number of thioether (sulfide) groups is 1. The van der Waals surface area contributed by atoms with Gasteiger partial charge in [0, 0.05) is 16.7 Å². The Hall–Kier alpha value is -1.56. The van der Waals surface area contributed by atoms with Gasteiger partial charge in [-0.1, -0.05) is 13.8 Å². The molecule has 0 fully saturated rings. The van der Waals surface area contributed by atoms with Gasteiger partial charge in [0.25, 0.3) is 5.69 Å². The summed E-state index contributed by atoms with van der Waals surface area (Å²) in [5.41, 5.74) is 0.973. The Kier molecular flexibility index (Phi) is 2.82. The molecule has 5 nitrogen and oxygen atoms in total. The average Bonchev–Trinajstić information content (AvgIpc) is 2.62. The maximum Gasteiger partial charge on any atom is 0.283 e. The van der Waals surface area contributed by atoms with Gasteiger partial charge in [0.1, 0.15) is 0 Å². The lowest BCUT2D eigenvalue weighted by Crippen LogP contribution is -1.94. The number of H-pyrrole nitrogens is 1. The zero-order valence-electron chi connectivity index (χ0n) is 8.93. The van der Waals surface area contributed by atoms with Crippen LogP contribution in [0.4, 0.5) is 5.69 Å². The number of rotatable bonds is 3. The van der Waals surface area contributed by atoms with Crippen molar-refractivity contribution in [2.24, 2.45) is 0 Å². The first-order valence-corrected chi connectivity index (χ1v) is 5.74. The van der Waals surface area contributed by atoms with E-state index >= 15 is 0 Å². The van der Waals surface area contributed by atoms with Gasteiger partial charge in [0.05, 0.1) is 21.5 Å². The summed E-state index contributed by atoms with van der Waals surface area (Å²) >= 11 is 1.48. The van der Waals surface area contributed by atoms with E-state index in [4.69, 9.17) is 0 Å². The fourth-order valence-electron chi connectivity index (χ4n) is 1.45. The van der Waals surface area contributed by atoms with E-state index in [2.05, 4.69) is 10.2 Å². The summed E-state index contributed by atoms with van der Waals surface area (Å²) in [6.07, 6.45) is 1.59. The number of aromatic amines is 1. The molecule has 0 radical (unpaired) electrons. The van der Waals surface area contributed by atoms with Crippen molar-refractivity contribution < 1.29 is 4.92 Å². The standard InChI is InChI=1S/C10H11N3O2S/c1-6(2)16-10-4-8-7(5-11-12-8)3-9(10)13(14)15/h3-6H,1-2H3,(H,11,12). The summed E-state index contributed by atoms with van der Waals surface area (Å²) in [6.45, 7) is 4.01. The molecule has 0 aliphatic rings. The van der Waals surface area contributed by atoms with E-state index in [9.17, 15) is 10.1 Å². The summed E-state index contributed by atoms with van der Waals surface area (Å²) in [6, 6.07) is 3.34. The fourth-order valence-corrected chi connectivity index (χ4v) is 2.40. The van der Waals surface area contributed by atoms with Gasteiger partial charge in [-0.3, -0.25) is 15.2 Å². The third kappa shape index (κ3) is 2.01.